The quantitative estimate of drug-likeness (QED) is 0.147. The number of aliphatic hydroxyl groups excluding tert-OH is 2. The van der Waals surface area contributed by atoms with Crippen LogP contribution in [0, 0.1) is 5.41 Å². The van der Waals surface area contributed by atoms with E-state index in [1.54, 1.807) is 20.8 Å². The number of carbonyl (C=O) groups excluding carboxylic acids is 1. The average molecular weight is 648 g/mol. The van der Waals surface area contributed by atoms with Gasteiger partial charge in [-0.25, -0.2) is 4.79 Å². The molecule has 0 aliphatic carbocycles. The van der Waals surface area contributed by atoms with Gasteiger partial charge in [0.05, 0.1) is 30.9 Å². The van der Waals surface area contributed by atoms with Crippen LogP contribution in [0.15, 0.2) is 91.0 Å². The summed E-state index contributed by atoms with van der Waals surface area (Å²) >= 11 is 0. The molecule has 0 aliphatic rings. The molecule has 1 unspecified atom stereocenters. The van der Waals surface area contributed by atoms with Crippen LogP contribution in [-0.4, -0.2) is 81.2 Å². The summed E-state index contributed by atoms with van der Waals surface area (Å²) in [5, 5.41) is 39.1. The van der Waals surface area contributed by atoms with E-state index < -0.39 is 47.4 Å². The van der Waals surface area contributed by atoms with Gasteiger partial charge in [-0.05, 0) is 55.7 Å². The van der Waals surface area contributed by atoms with Crippen molar-refractivity contribution in [3.05, 3.63) is 108 Å². The monoisotopic (exact) mass is 647 g/mol. The molecule has 3 aromatic carbocycles. The number of amides is 2. The van der Waals surface area contributed by atoms with Crippen LogP contribution < -0.4 is 10.6 Å². The number of hydrogen-bond donors (Lipinski definition) is 5. The molecule has 3 rings (SSSR count). The van der Waals surface area contributed by atoms with Gasteiger partial charge in [-0.2, -0.15) is 0 Å². The fraction of sp³-hybridized carbons (Fsp3) is 0.474. The molecular formula is C38H53N3O6. The molecule has 0 saturated heterocycles. The maximum atomic E-state index is 13.7. The normalized spacial score (nSPS) is 15.2. The summed E-state index contributed by atoms with van der Waals surface area (Å²) < 4.78 is 6.15. The summed E-state index contributed by atoms with van der Waals surface area (Å²) in [4.78, 5) is 27.4. The molecule has 0 heterocycles. The molecule has 0 radical (unpaired) electrons. The Morgan fingerprint density at radius 2 is 1.19 bits per heavy atom. The van der Waals surface area contributed by atoms with E-state index in [9.17, 15) is 24.9 Å². The third-order valence-corrected chi connectivity index (χ3v) is 8.07. The topological polar surface area (TPSA) is 131 Å². The van der Waals surface area contributed by atoms with Crippen LogP contribution in [0.4, 0.5) is 4.79 Å². The van der Waals surface area contributed by atoms with Crippen LogP contribution in [-0.2, 0) is 29.0 Å². The molecule has 47 heavy (non-hydrogen) atoms. The Kier molecular flexibility index (Phi) is 14.0. The number of nitrogens with one attached hydrogen (secondary N) is 2. The molecule has 0 aliphatic heterocycles. The van der Waals surface area contributed by atoms with Gasteiger partial charge in [-0.1, -0.05) is 112 Å². The number of carboxylic acid groups (broad SMARTS) is 1. The maximum absolute atomic E-state index is 13.7. The largest absolute Gasteiger partial charge is 0.465 e. The van der Waals surface area contributed by atoms with Gasteiger partial charge in [0.15, 0.2) is 0 Å². The van der Waals surface area contributed by atoms with Crippen LogP contribution in [0.1, 0.15) is 58.2 Å². The molecular weight excluding hydrogens is 594 g/mol. The Hall–Kier alpha value is -3.76. The van der Waals surface area contributed by atoms with E-state index in [-0.39, 0.29) is 25.6 Å². The number of rotatable bonds is 16. The summed E-state index contributed by atoms with van der Waals surface area (Å²) in [7, 11) is 0. The van der Waals surface area contributed by atoms with E-state index in [2.05, 4.69) is 10.6 Å². The lowest BCUT2D eigenvalue weighted by Crippen LogP contribution is -2.58. The highest BCUT2D eigenvalue weighted by Crippen LogP contribution is 2.25. The first-order valence-electron chi connectivity index (χ1n) is 16.3. The molecule has 0 fully saturated rings. The molecule has 3 aromatic rings. The van der Waals surface area contributed by atoms with Crippen molar-refractivity contribution in [1.29, 1.82) is 0 Å². The zero-order valence-electron chi connectivity index (χ0n) is 28.6. The van der Waals surface area contributed by atoms with Crippen LogP contribution in [0.3, 0.4) is 0 Å². The van der Waals surface area contributed by atoms with Crippen LogP contribution in [0.5, 0.6) is 0 Å². The predicted octanol–water partition coefficient (Wildman–Crippen LogP) is 5.05. The first kappa shape index (κ1) is 37.7. The van der Waals surface area contributed by atoms with Gasteiger partial charge in [0, 0.05) is 18.6 Å². The Morgan fingerprint density at radius 3 is 1.66 bits per heavy atom. The Balaban J connectivity index is 1.74. The second-order valence-corrected chi connectivity index (χ2v) is 14.2. The highest BCUT2D eigenvalue weighted by atomic mass is 16.5. The first-order chi connectivity index (χ1) is 22.2. The van der Waals surface area contributed by atoms with E-state index >= 15 is 0 Å². The van der Waals surface area contributed by atoms with Crippen LogP contribution in [0.25, 0.3) is 0 Å². The van der Waals surface area contributed by atoms with Crippen molar-refractivity contribution < 1.29 is 29.6 Å². The van der Waals surface area contributed by atoms with Crippen LogP contribution in [0.2, 0.25) is 0 Å². The van der Waals surface area contributed by atoms with Gasteiger partial charge in [0.1, 0.15) is 6.10 Å². The molecule has 0 aromatic heterocycles. The summed E-state index contributed by atoms with van der Waals surface area (Å²) in [6.45, 7) is 11.6. The Labute approximate surface area is 280 Å². The van der Waals surface area contributed by atoms with Gasteiger partial charge in [-0.15, -0.1) is 0 Å². The standard InChI is InChI=1S/C38H53N3O6/c1-37(2,3)34(47-26-29-20-14-9-15-21-29)35(44)40-30(22-27-16-10-7-11-17-27)32(42)24-39-25-33(43)31(23-28-18-12-8-13-19-28)41(36(45)46)38(4,5)6/h7-21,30-34,39,42-43H,22-26H2,1-6H3,(H,40,44)(H,45,46)/t30-,31-,32+,33+,34?/m0/s1. The molecule has 9 heteroatoms. The van der Waals surface area contributed by atoms with Gasteiger partial charge in [0.25, 0.3) is 0 Å². The first-order valence-corrected chi connectivity index (χ1v) is 16.3. The SMILES string of the molecule is CC(C)(C)C(OCc1ccccc1)C(=O)N[C@@H](Cc1ccccc1)[C@H](O)CNC[C@@H](O)[C@H](Cc1ccccc1)N(C(=O)O)C(C)(C)C. The smallest absolute Gasteiger partial charge is 0.408 e. The maximum Gasteiger partial charge on any atom is 0.408 e. The van der Waals surface area contributed by atoms with E-state index in [0.717, 1.165) is 16.7 Å². The number of nitrogens with zero attached hydrogens (tertiary/aromatic N) is 1. The molecule has 0 saturated carbocycles. The summed E-state index contributed by atoms with van der Waals surface area (Å²) in [6.07, 6.45) is -3.30. The highest BCUT2D eigenvalue weighted by Gasteiger charge is 2.38. The minimum absolute atomic E-state index is 0.0330. The van der Waals surface area contributed by atoms with Gasteiger partial charge in [0.2, 0.25) is 5.91 Å². The lowest BCUT2D eigenvalue weighted by Gasteiger charge is -2.42. The van der Waals surface area contributed by atoms with Crippen molar-refractivity contribution in [1.82, 2.24) is 15.5 Å². The van der Waals surface area contributed by atoms with Gasteiger partial charge < -0.3 is 30.7 Å². The molecule has 2 amide bonds. The molecule has 5 N–H and O–H groups in total. The molecule has 0 bridgehead atoms. The van der Waals surface area contributed by atoms with E-state index in [1.165, 1.54) is 4.90 Å². The summed E-state index contributed by atoms with van der Waals surface area (Å²) in [5.41, 5.74) is 1.53. The Morgan fingerprint density at radius 1 is 0.723 bits per heavy atom. The second-order valence-electron chi connectivity index (χ2n) is 14.2. The second kappa shape index (κ2) is 17.4. The molecule has 256 valence electrons. The summed E-state index contributed by atoms with van der Waals surface area (Å²) in [5.74, 6) is -0.321. The van der Waals surface area contributed by atoms with E-state index in [4.69, 9.17) is 4.74 Å². The van der Waals surface area contributed by atoms with Crippen molar-refractivity contribution in [3.8, 4) is 0 Å². The Bertz CT molecular complexity index is 1360. The number of benzene rings is 3. The lowest BCUT2D eigenvalue weighted by atomic mass is 9.87. The van der Waals surface area contributed by atoms with E-state index in [1.807, 2.05) is 112 Å². The van der Waals surface area contributed by atoms with Gasteiger partial charge >= 0.3 is 6.09 Å². The number of ether oxygens (including phenoxy) is 1. The fourth-order valence-electron chi connectivity index (χ4n) is 5.72. The van der Waals surface area contributed by atoms with Gasteiger partial charge in [-0.3, -0.25) is 9.69 Å². The van der Waals surface area contributed by atoms with Crippen molar-refractivity contribution in [2.75, 3.05) is 13.1 Å². The molecule has 9 nitrogen and oxygen atoms in total. The molecule has 0 spiro atoms. The molecule has 5 atom stereocenters. The zero-order valence-corrected chi connectivity index (χ0v) is 28.6. The lowest BCUT2D eigenvalue weighted by molar-refractivity contribution is -0.143. The third-order valence-electron chi connectivity index (χ3n) is 8.07. The highest BCUT2D eigenvalue weighted by molar-refractivity contribution is 5.82. The van der Waals surface area contributed by atoms with E-state index in [0.29, 0.717) is 12.8 Å². The fourth-order valence-corrected chi connectivity index (χ4v) is 5.72. The van der Waals surface area contributed by atoms with Crippen molar-refractivity contribution in [2.45, 2.75) is 96.9 Å². The number of hydrogen-bond acceptors (Lipinski definition) is 6. The van der Waals surface area contributed by atoms with Crippen LogP contribution >= 0.6 is 0 Å². The number of aliphatic hydroxyl groups is 2. The predicted molar refractivity (Wildman–Crippen MR) is 185 cm³/mol. The van der Waals surface area contributed by atoms with Crippen molar-refractivity contribution >= 4 is 12.0 Å². The average Bonchev–Trinajstić information content (AvgIpc) is 3.00. The minimum atomic E-state index is -1.12. The van der Waals surface area contributed by atoms with Crippen molar-refractivity contribution in [3.63, 3.8) is 0 Å². The third kappa shape index (κ3) is 12.1. The minimum Gasteiger partial charge on any atom is -0.465 e. The summed E-state index contributed by atoms with van der Waals surface area (Å²) in [6, 6.07) is 27.3. The number of carbonyl (C=O) groups is 2. The van der Waals surface area contributed by atoms with Crippen molar-refractivity contribution in [2.24, 2.45) is 5.41 Å². The zero-order chi connectivity index (χ0) is 34.6.